The Morgan fingerprint density at radius 3 is 2.38 bits per heavy atom. The summed E-state index contributed by atoms with van der Waals surface area (Å²) in [5.41, 5.74) is 0.639. The molecule has 132 valence electrons. The number of hydrogen-bond acceptors (Lipinski definition) is 6. The molecule has 1 aliphatic rings. The summed E-state index contributed by atoms with van der Waals surface area (Å²) in [5.74, 6) is 1.000. The van der Waals surface area contributed by atoms with Crippen LogP contribution in [0.15, 0.2) is 18.3 Å². The summed E-state index contributed by atoms with van der Waals surface area (Å²) in [6.07, 6.45) is 1.65. The molecule has 2 heterocycles. The summed E-state index contributed by atoms with van der Waals surface area (Å²) < 4.78 is 5.37. The lowest BCUT2D eigenvalue weighted by atomic mass is 10.1. The topological polar surface area (TPSA) is 62.7 Å². The van der Waals surface area contributed by atoms with E-state index >= 15 is 0 Å². The highest BCUT2D eigenvalue weighted by Gasteiger charge is 2.30. The first kappa shape index (κ1) is 18.5. The lowest BCUT2D eigenvalue weighted by Crippen LogP contribution is -2.57. The lowest BCUT2D eigenvalue weighted by molar-refractivity contribution is -0.121. The molecule has 2 atom stereocenters. The number of Topliss-reactive ketones (excluding diaryl/α,β-unsaturated/α-hetero) is 2. The fourth-order valence-corrected chi connectivity index (χ4v) is 3.22. The van der Waals surface area contributed by atoms with E-state index in [1.807, 2.05) is 12.1 Å². The number of nitrogens with zero attached hydrogens (tertiary/aromatic N) is 3. The van der Waals surface area contributed by atoms with Crippen molar-refractivity contribution in [3.05, 3.63) is 23.9 Å². The smallest absolute Gasteiger partial charge is 0.161 e. The number of carbonyl (C=O) groups is 2. The average Bonchev–Trinajstić information content (AvgIpc) is 2.51. The highest BCUT2D eigenvalue weighted by molar-refractivity contribution is 5.93. The van der Waals surface area contributed by atoms with Crippen LogP contribution in [0.4, 0.5) is 5.82 Å². The van der Waals surface area contributed by atoms with Gasteiger partial charge in [-0.15, -0.1) is 0 Å². The largest absolute Gasteiger partial charge is 0.372 e. The summed E-state index contributed by atoms with van der Waals surface area (Å²) >= 11 is 0. The van der Waals surface area contributed by atoms with Gasteiger partial charge in [-0.05, 0) is 39.8 Å². The number of carbonyl (C=O) groups excluding carboxylic acids is 2. The predicted molar refractivity (Wildman–Crippen MR) is 93.6 cm³/mol. The molecule has 0 N–H and O–H groups in total. The molecule has 0 aromatic carbocycles. The van der Waals surface area contributed by atoms with Crippen molar-refractivity contribution in [2.45, 2.75) is 39.8 Å². The SMILES string of the molecule is CC(=O)COCCN1CC(C)N(c2ccc(C(C)=O)cn2)C(C)C1. The Hall–Kier alpha value is -1.79. The van der Waals surface area contributed by atoms with Crippen molar-refractivity contribution in [2.75, 3.05) is 37.7 Å². The van der Waals surface area contributed by atoms with Crippen molar-refractivity contribution in [3.8, 4) is 0 Å². The summed E-state index contributed by atoms with van der Waals surface area (Å²) in [5, 5.41) is 0. The zero-order chi connectivity index (χ0) is 17.7. The van der Waals surface area contributed by atoms with Crippen LogP contribution in [-0.2, 0) is 9.53 Å². The lowest BCUT2D eigenvalue weighted by Gasteiger charge is -2.45. The van der Waals surface area contributed by atoms with Gasteiger partial charge in [-0.25, -0.2) is 4.98 Å². The molecule has 0 saturated carbocycles. The van der Waals surface area contributed by atoms with Gasteiger partial charge >= 0.3 is 0 Å². The van der Waals surface area contributed by atoms with Gasteiger partial charge in [0, 0.05) is 43.5 Å². The van der Waals surface area contributed by atoms with E-state index in [2.05, 4.69) is 28.6 Å². The van der Waals surface area contributed by atoms with Crippen molar-refractivity contribution in [1.29, 1.82) is 0 Å². The molecule has 6 heteroatoms. The Kier molecular flexibility index (Phi) is 6.45. The van der Waals surface area contributed by atoms with E-state index in [1.54, 1.807) is 13.1 Å². The third kappa shape index (κ3) is 4.85. The van der Waals surface area contributed by atoms with Crippen LogP contribution in [0.3, 0.4) is 0 Å². The normalized spacial score (nSPS) is 21.8. The molecule has 2 unspecified atom stereocenters. The molecule has 1 fully saturated rings. The van der Waals surface area contributed by atoms with E-state index in [0.717, 1.165) is 25.5 Å². The van der Waals surface area contributed by atoms with Gasteiger partial charge in [0.25, 0.3) is 0 Å². The van der Waals surface area contributed by atoms with Gasteiger partial charge in [-0.3, -0.25) is 14.5 Å². The molecule has 1 aliphatic heterocycles. The minimum Gasteiger partial charge on any atom is -0.372 e. The monoisotopic (exact) mass is 333 g/mol. The molecule has 1 aromatic rings. The number of anilines is 1. The second-order valence-corrected chi connectivity index (χ2v) is 6.58. The van der Waals surface area contributed by atoms with Crippen LogP contribution in [-0.4, -0.2) is 66.4 Å². The maximum absolute atomic E-state index is 11.4. The maximum atomic E-state index is 11.4. The standard InChI is InChI=1S/C18H27N3O3/c1-13-10-20(7-8-24-12-15(3)22)11-14(2)21(13)18-6-5-17(9-19-18)16(4)23/h5-6,9,13-14H,7-8,10-12H2,1-4H3. The van der Waals surface area contributed by atoms with E-state index < -0.39 is 0 Å². The van der Waals surface area contributed by atoms with Gasteiger partial charge in [-0.2, -0.15) is 0 Å². The number of aromatic nitrogens is 1. The first-order valence-corrected chi connectivity index (χ1v) is 8.43. The van der Waals surface area contributed by atoms with E-state index in [-0.39, 0.29) is 18.2 Å². The maximum Gasteiger partial charge on any atom is 0.161 e. The number of rotatable bonds is 7. The highest BCUT2D eigenvalue weighted by atomic mass is 16.5. The molecule has 24 heavy (non-hydrogen) atoms. The molecular weight excluding hydrogens is 306 g/mol. The molecule has 0 bridgehead atoms. The summed E-state index contributed by atoms with van der Waals surface area (Å²) in [4.78, 5) is 31.4. The van der Waals surface area contributed by atoms with Crippen molar-refractivity contribution < 1.29 is 14.3 Å². The predicted octanol–water partition coefficient (Wildman–Crippen LogP) is 1.79. The molecular formula is C18H27N3O3. The molecule has 1 aromatic heterocycles. The van der Waals surface area contributed by atoms with Gasteiger partial charge in [-0.1, -0.05) is 0 Å². The number of ether oxygens (including phenoxy) is 1. The zero-order valence-corrected chi connectivity index (χ0v) is 15.0. The molecule has 0 aliphatic carbocycles. The molecule has 0 amide bonds. The number of hydrogen-bond donors (Lipinski definition) is 0. The van der Waals surface area contributed by atoms with Crippen LogP contribution in [0, 0.1) is 0 Å². The minimum atomic E-state index is 0.0329. The van der Waals surface area contributed by atoms with E-state index in [9.17, 15) is 9.59 Å². The van der Waals surface area contributed by atoms with Gasteiger partial charge < -0.3 is 9.64 Å². The van der Waals surface area contributed by atoms with Gasteiger partial charge in [0.15, 0.2) is 11.6 Å². The first-order valence-electron chi connectivity index (χ1n) is 8.43. The molecule has 2 rings (SSSR count). The fraction of sp³-hybridized carbons (Fsp3) is 0.611. The van der Waals surface area contributed by atoms with Crippen molar-refractivity contribution in [1.82, 2.24) is 9.88 Å². The van der Waals surface area contributed by atoms with Crippen molar-refractivity contribution >= 4 is 17.4 Å². The second-order valence-electron chi connectivity index (χ2n) is 6.58. The molecule has 0 spiro atoms. The molecule has 0 radical (unpaired) electrons. The summed E-state index contributed by atoms with van der Waals surface area (Å²) in [7, 11) is 0. The number of ketones is 2. The first-order chi connectivity index (χ1) is 11.4. The van der Waals surface area contributed by atoms with Gasteiger partial charge in [0.05, 0.1) is 6.61 Å². The third-order valence-corrected chi connectivity index (χ3v) is 4.27. The Balaban J connectivity index is 1.93. The van der Waals surface area contributed by atoms with Crippen LogP contribution in [0.5, 0.6) is 0 Å². The van der Waals surface area contributed by atoms with Crippen molar-refractivity contribution in [3.63, 3.8) is 0 Å². The van der Waals surface area contributed by atoms with Crippen LogP contribution in [0.1, 0.15) is 38.1 Å². The zero-order valence-electron chi connectivity index (χ0n) is 15.0. The minimum absolute atomic E-state index is 0.0329. The van der Waals surface area contributed by atoms with Gasteiger partial charge in [0.1, 0.15) is 12.4 Å². The van der Waals surface area contributed by atoms with E-state index in [4.69, 9.17) is 4.74 Å². The number of pyridine rings is 1. The Bertz CT molecular complexity index is 561. The van der Waals surface area contributed by atoms with Crippen molar-refractivity contribution in [2.24, 2.45) is 0 Å². The Morgan fingerprint density at radius 2 is 1.88 bits per heavy atom. The molecule has 1 saturated heterocycles. The quantitative estimate of drug-likeness (QED) is 0.560. The fourth-order valence-electron chi connectivity index (χ4n) is 3.22. The van der Waals surface area contributed by atoms with Crippen LogP contribution >= 0.6 is 0 Å². The Morgan fingerprint density at radius 1 is 1.21 bits per heavy atom. The highest BCUT2D eigenvalue weighted by Crippen LogP contribution is 2.23. The molecule has 6 nitrogen and oxygen atoms in total. The van der Waals surface area contributed by atoms with E-state index in [0.29, 0.717) is 24.3 Å². The van der Waals surface area contributed by atoms with E-state index in [1.165, 1.54) is 6.92 Å². The van der Waals surface area contributed by atoms with Crippen LogP contribution in [0.25, 0.3) is 0 Å². The summed E-state index contributed by atoms with van der Waals surface area (Å²) in [6, 6.07) is 4.40. The number of piperazine rings is 1. The average molecular weight is 333 g/mol. The third-order valence-electron chi connectivity index (χ3n) is 4.27. The van der Waals surface area contributed by atoms with Crippen LogP contribution < -0.4 is 4.90 Å². The Labute approximate surface area is 143 Å². The summed E-state index contributed by atoms with van der Waals surface area (Å²) in [6.45, 7) is 10.9. The van der Waals surface area contributed by atoms with Crippen LogP contribution in [0.2, 0.25) is 0 Å². The van der Waals surface area contributed by atoms with Gasteiger partial charge in [0.2, 0.25) is 0 Å². The second kappa shape index (κ2) is 8.35.